The van der Waals surface area contributed by atoms with Gasteiger partial charge in [0.15, 0.2) is 0 Å². The normalized spacial score (nSPS) is 12.1. The first-order valence-electron chi connectivity index (χ1n) is 7.81. The molecule has 0 N–H and O–H groups in total. The number of hydrogen-bond acceptors (Lipinski definition) is 0. The SMILES string of the molecule is Cc1ccc2cccc3c4cccc5ccc(C)c(c1c23)c54. The van der Waals surface area contributed by atoms with Gasteiger partial charge in [-0.15, -0.1) is 0 Å². The molecule has 0 saturated carbocycles. The highest BCUT2D eigenvalue weighted by atomic mass is 14.2. The van der Waals surface area contributed by atoms with E-state index in [0.717, 1.165) is 0 Å². The van der Waals surface area contributed by atoms with Crippen molar-refractivity contribution in [1.82, 2.24) is 0 Å². The van der Waals surface area contributed by atoms with Crippen LogP contribution in [0.3, 0.4) is 0 Å². The lowest BCUT2D eigenvalue weighted by Gasteiger charge is -2.17. The predicted molar refractivity (Wildman–Crippen MR) is 97.1 cm³/mol. The van der Waals surface area contributed by atoms with Crippen molar-refractivity contribution in [1.29, 1.82) is 0 Å². The van der Waals surface area contributed by atoms with Crippen molar-refractivity contribution in [3.8, 4) is 0 Å². The van der Waals surface area contributed by atoms with Crippen LogP contribution in [0.25, 0.3) is 43.1 Å². The summed E-state index contributed by atoms with van der Waals surface area (Å²) in [5.74, 6) is 0. The van der Waals surface area contributed by atoms with Crippen LogP contribution >= 0.6 is 0 Å². The van der Waals surface area contributed by atoms with Crippen molar-refractivity contribution < 1.29 is 0 Å². The molecule has 5 aromatic carbocycles. The average molecular weight is 280 g/mol. The summed E-state index contributed by atoms with van der Waals surface area (Å²) in [4.78, 5) is 0. The Balaban J connectivity index is 2.34. The van der Waals surface area contributed by atoms with E-state index in [1.165, 1.54) is 54.2 Å². The maximum Gasteiger partial charge on any atom is -0.00236 e. The first-order valence-corrected chi connectivity index (χ1v) is 7.81. The van der Waals surface area contributed by atoms with Crippen LogP contribution in [0, 0.1) is 13.8 Å². The molecule has 0 bridgehead atoms. The zero-order valence-corrected chi connectivity index (χ0v) is 12.8. The van der Waals surface area contributed by atoms with E-state index >= 15 is 0 Å². The molecule has 0 heterocycles. The number of benzene rings is 5. The molecule has 104 valence electrons. The minimum absolute atomic E-state index is 1.34. The molecule has 0 spiro atoms. The Morgan fingerprint density at radius 3 is 1.36 bits per heavy atom. The Morgan fingerprint density at radius 1 is 0.455 bits per heavy atom. The van der Waals surface area contributed by atoms with Crippen molar-refractivity contribution >= 4 is 43.1 Å². The topological polar surface area (TPSA) is 0 Å². The zero-order valence-electron chi connectivity index (χ0n) is 12.8. The van der Waals surface area contributed by atoms with Gasteiger partial charge in [-0.2, -0.15) is 0 Å². The minimum atomic E-state index is 1.34. The standard InChI is InChI=1S/C22H16/c1-13-9-11-15-5-3-7-17-18-8-4-6-16-12-10-14(2)20(22(16)18)19(13)21(15)17/h3-12H,1-2H3. The van der Waals surface area contributed by atoms with Crippen LogP contribution in [0.1, 0.15) is 11.1 Å². The number of hydrogen-bond donors (Lipinski definition) is 0. The summed E-state index contributed by atoms with van der Waals surface area (Å²) < 4.78 is 0. The fourth-order valence-electron chi connectivity index (χ4n) is 4.06. The van der Waals surface area contributed by atoms with Crippen LogP contribution in [-0.2, 0) is 0 Å². The van der Waals surface area contributed by atoms with E-state index in [9.17, 15) is 0 Å². The fraction of sp³-hybridized carbons (Fsp3) is 0.0909. The van der Waals surface area contributed by atoms with Gasteiger partial charge in [-0.3, -0.25) is 0 Å². The minimum Gasteiger partial charge on any atom is -0.0610 e. The summed E-state index contributed by atoms with van der Waals surface area (Å²) in [5, 5.41) is 11.1. The summed E-state index contributed by atoms with van der Waals surface area (Å²) in [7, 11) is 0. The molecule has 22 heavy (non-hydrogen) atoms. The highest BCUT2D eigenvalue weighted by Crippen LogP contribution is 2.42. The van der Waals surface area contributed by atoms with Gasteiger partial charge in [0.25, 0.3) is 0 Å². The van der Waals surface area contributed by atoms with Crippen LogP contribution < -0.4 is 0 Å². The number of fused-ring (bicyclic) bond motifs is 2. The molecule has 0 aliphatic heterocycles. The Bertz CT molecular complexity index is 1080. The quantitative estimate of drug-likeness (QED) is 0.229. The Kier molecular flexibility index (Phi) is 2.17. The van der Waals surface area contributed by atoms with Gasteiger partial charge in [0.1, 0.15) is 0 Å². The molecule has 5 rings (SSSR count). The molecule has 5 aromatic rings. The van der Waals surface area contributed by atoms with Gasteiger partial charge < -0.3 is 0 Å². The van der Waals surface area contributed by atoms with E-state index in [2.05, 4.69) is 74.5 Å². The van der Waals surface area contributed by atoms with Crippen LogP contribution in [-0.4, -0.2) is 0 Å². The molecule has 0 unspecified atom stereocenters. The smallest absolute Gasteiger partial charge is 0.00236 e. The lowest BCUT2D eigenvalue weighted by Crippen LogP contribution is -1.90. The Labute approximate surface area is 129 Å². The van der Waals surface area contributed by atoms with Crippen LogP contribution in [0.2, 0.25) is 0 Å². The third kappa shape index (κ3) is 1.33. The highest BCUT2D eigenvalue weighted by Gasteiger charge is 2.15. The third-order valence-corrected chi connectivity index (χ3v) is 5.05. The number of rotatable bonds is 0. The first-order chi connectivity index (χ1) is 10.8. The molecule has 0 aliphatic carbocycles. The van der Waals surface area contributed by atoms with Gasteiger partial charge in [0.05, 0.1) is 0 Å². The Morgan fingerprint density at radius 2 is 0.909 bits per heavy atom. The average Bonchev–Trinajstić information content (AvgIpc) is 2.55. The van der Waals surface area contributed by atoms with Crippen molar-refractivity contribution in [3.05, 3.63) is 71.8 Å². The molecule has 0 amide bonds. The first kappa shape index (κ1) is 12.0. The van der Waals surface area contributed by atoms with Crippen LogP contribution in [0.5, 0.6) is 0 Å². The predicted octanol–water partition coefficient (Wildman–Crippen LogP) is 6.35. The van der Waals surface area contributed by atoms with Crippen molar-refractivity contribution in [3.63, 3.8) is 0 Å². The van der Waals surface area contributed by atoms with Crippen LogP contribution in [0.15, 0.2) is 60.7 Å². The molecule has 0 aromatic heterocycles. The maximum absolute atomic E-state index is 2.27. The van der Waals surface area contributed by atoms with Crippen LogP contribution in [0.4, 0.5) is 0 Å². The van der Waals surface area contributed by atoms with E-state index in [0.29, 0.717) is 0 Å². The van der Waals surface area contributed by atoms with Crippen molar-refractivity contribution in [2.45, 2.75) is 13.8 Å². The van der Waals surface area contributed by atoms with Crippen molar-refractivity contribution in [2.24, 2.45) is 0 Å². The van der Waals surface area contributed by atoms with Gasteiger partial charge >= 0.3 is 0 Å². The summed E-state index contributed by atoms with van der Waals surface area (Å²) in [6.07, 6.45) is 0. The molecule has 0 aliphatic rings. The van der Waals surface area contributed by atoms with Gasteiger partial charge in [0.2, 0.25) is 0 Å². The lowest BCUT2D eigenvalue weighted by molar-refractivity contribution is 1.52. The van der Waals surface area contributed by atoms with Gasteiger partial charge in [-0.1, -0.05) is 60.7 Å². The molecule has 0 radical (unpaired) electrons. The molecule has 0 fully saturated rings. The Hall–Kier alpha value is -2.60. The zero-order chi connectivity index (χ0) is 14.8. The monoisotopic (exact) mass is 280 g/mol. The second-order valence-corrected chi connectivity index (χ2v) is 6.32. The molecular formula is C22H16. The molecular weight excluding hydrogens is 264 g/mol. The maximum atomic E-state index is 2.27. The van der Waals surface area contributed by atoms with E-state index < -0.39 is 0 Å². The number of aryl methyl sites for hydroxylation is 2. The second kappa shape index (κ2) is 3.98. The third-order valence-electron chi connectivity index (χ3n) is 5.05. The van der Waals surface area contributed by atoms with E-state index in [-0.39, 0.29) is 0 Å². The highest BCUT2D eigenvalue weighted by molar-refractivity contribution is 6.34. The summed E-state index contributed by atoms with van der Waals surface area (Å²) in [6.45, 7) is 4.47. The summed E-state index contributed by atoms with van der Waals surface area (Å²) >= 11 is 0. The molecule has 0 heteroatoms. The molecule has 0 atom stereocenters. The van der Waals surface area contributed by atoms with Gasteiger partial charge in [0, 0.05) is 0 Å². The van der Waals surface area contributed by atoms with Crippen molar-refractivity contribution in [2.75, 3.05) is 0 Å². The van der Waals surface area contributed by atoms with Gasteiger partial charge in [-0.25, -0.2) is 0 Å². The van der Waals surface area contributed by atoms with E-state index in [4.69, 9.17) is 0 Å². The lowest BCUT2D eigenvalue weighted by atomic mass is 9.86. The largest absolute Gasteiger partial charge is 0.0610 e. The fourth-order valence-corrected chi connectivity index (χ4v) is 4.06. The van der Waals surface area contributed by atoms with Gasteiger partial charge in [-0.05, 0) is 68.1 Å². The molecule has 0 nitrogen and oxygen atoms in total. The molecule has 0 saturated heterocycles. The summed E-state index contributed by atoms with van der Waals surface area (Å²) in [6, 6.07) is 22.4. The summed E-state index contributed by atoms with van der Waals surface area (Å²) in [5.41, 5.74) is 2.73. The van der Waals surface area contributed by atoms with E-state index in [1.807, 2.05) is 0 Å². The second-order valence-electron chi connectivity index (χ2n) is 6.32. The van der Waals surface area contributed by atoms with E-state index in [1.54, 1.807) is 0 Å².